The third kappa shape index (κ3) is 7.85. The zero-order valence-electron chi connectivity index (χ0n) is 11.8. The number of carbonyl (C=O) groups excluding carboxylic acids is 1. The molecule has 0 fully saturated rings. The molecule has 0 aliphatic rings. The standard InChI is InChI=1S/C13H19N3O5/c1-20-6-7-21-5-4-14-13(19)16-11-3-2-10(15-9-11)8-12(17)18/h2-3,9H,4-8H2,1H3,(H,17,18)(H2,14,16,19). The number of hydrogen-bond donors (Lipinski definition) is 3. The third-order valence-corrected chi connectivity index (χ3v) is 2.38. The van der Waals surface area contributed by atoms with Gasteiger partial charge in [-0.25, -0.2) is 4.79 Å². The Balaban J connectivity index is 2.23. The van der Waals surface area contributed by atoms with Crippen molar-refractivity contribution in [3.05, 3.63) is 24.0 Å². The summed E-state index contributed by atoms with van der Waals surface area (Å²) in [6.07, 6.45) is 1.26. The maximum absolute atomic E-state index is 11.5. The number of amides is 2. The van der Waals surface area contributed by atoms with Crippen LogP contribution < -0.4 is 10.6 Å². The second-order valence-corrected chi connectivity index (χ2v) is 4.09. The molecule has 0 spiro atoms. The smallest absolute Gasteiger partial charge is 0.319 e. The summed E-state index contributed by atoms with van der Waals surface area (Å²) < 4.78 is 10.0. The molecule has 2 amide bonds. The quantitative estimate of drug-likeness (QED) is 0.572. The fourth-order valence-electron chi connectivity index (χ4n) is 1.41. The number of carboxylic acid groups (broad SMARTS) is 1. The Bertz CT molecular complexity index is 450. The Hall–Kier alpha value is -2.19. The highest BCUT2D eigenvalue weighted by molar-refractivity contribution is 5.89. The molecule has 0 aromatic carbocycles. The van der Waals surface area contributed by atoms with Gasteiger partial charge in [0.05, 0.1) is 43.8 Å². The van der Waals surface area contributed by atoms with Crippen LogP contribution in [0.4, 0.5) is 10.5 Å². The van der Waals surface area contributed by atoms with E-state index in [9.17, 15) is 9.59 Å². The van der Waals surface area contributed by atoms with E-state index in [4.69, 9.17) is 14.6 Å². The zero-order chi connectivity index (χ0) is 15.5. The van der Waals surface area contributed by atoms with Crippen molar-refractivity contribution in [1.29, 1.82) is 0 Å². The second-order valence-electron chi connectivity index (χ2n) is 4.09. The molecule has 0 saturated heterocycles. The summed E-state index contributed by atoms with van der Waals surface area (Å²) in [4.78, 5) is 26.0. The predicted octanol–water partition coefficient (Wildman–Crippen LogP) is 0.493. The SMILES string of the molecule is COCCOCCNC(=O)Nc1ccc(CC(=O)O)nc1. The van der Waals surface area contributed by atoms with E-state index >= 15 is 0 Å². The van der Waals surface area contributed by atoms with Crippen LogP contribution in [-0.4, -0.2) is 55.6 Å². The average Bonchev–Trinajstić information content (AvgIpc) is 2.44. The second kappa shape index (κ2) is 9.67. The van der Waals surface area contributed by atoms with E-state index < -0.39 is 5.97 Å². The van der Waals surface area contributed by atoms with Crippen LogP contribution in [0.25, 0.3) is 0 Å². The number of urea groups is 1. The molecule has 3 N–H and O–H groups in total. The Morgan fingerprint density at radius 2 is 2.10 bits per heavy atom. The molecule has 0 unspecified atom stereocenters. The lowest BCUT2D eigenvalue weighted by Gasteiger charge is -2.08. The molecule has 0 aliphatic carbocycles. The van der Waals surface area contributed by atoms with Gasteiger partial charge >= 0.3 is 12.0 Å². The lowest BCUT2D eigenvalue weighted by Crippen LogP contribution is -2.31. The van der Waals surface area contributed by atoms with E-state index in [2.05, 4.69) is 15.6 Å². The van der Waals surface area contributed by atoms with Gasteiger partial charge in [0.2, 0.25) is 0 Å². The van der Waals surface area contributed by atoms with Crippen LogP contribution >= 0.6 is 0 Å². The lowest BCUT2D eigenvalue weighted by molar-refractivity contribution is -0.136. The minimum absolute atomic E-state index is 0.148. The summed E-state index contributed by atoms with van der Waals surface area (Å²) in [6.45, 7) is 1.77. The van der Waals surface area contributed by atoms with Gasteiger partial charge in [0.25, 0.3) is 0 Å². The van der Waals surface area contributed by atoms with E-state index in [0.717, 1.165) is 0 Å². The van der Waals surface area contributed by atoms with Crippen molar-refractivity contribution in [2.45, 2.75) is 6.42 Å². The van der Waals surface area contributed by atoms with Crippen molar-refractivity contribution in [1.82, 2.24) is 10.3 Å². The molecule has 0 aliphatic heterocycles. The van der Waals surface area contributed by atoms with Gasteiger partial charge in [-0.05, 0) is 12.1 Å². The number of rotatable bonds is 9. The van der Waals surface area contributed by atoms with Crippen LogP contribution in [0.2, 0.25) is 0 Å². The van der Waals surface area contributed by atoms with Crippen LogP contribution in [0.1, 0.15) is 5.69 Å². The van der Waals surface area contributed by atoms with Gasteiger partial charge in [-0.15, -0.1) is 0 Å². The fourth-order valence-corrected chi connectivity index (χ4v) is 1.41. The molecule has 1 rings (SSSR count). The number of methoxy groups -OCH3 is 1. The number of nitrogens with one attached hydrogen (secondary N) is 2. The summed E-state index contributed by atoms with van der Waals surface area (Å²) in [7, 11) is 1.59. The number of carboxylic acids is 1. The largest absolute Gasteiger partial charge is 0.481 e. The number of ether oxygens (including phenoxy) is 2. The third-order valence-electron chi connectivity index (χ3n) is 2.38. The molecular weight excluding hydrogens is 278 g/mol. The monoisotopic (exact) mass is 297 g/mol. The topological polar surface area (TPSA) is 110 Å². The highest BCUT2D eigenvalue weighted by Gasteiger charge is 2.04. The van der Waals surface area contributed by atoms with Crippen molar-refractivity contribution in [2.75, 3.05) is 38.8 Å². The number of pyridine rings is 1. The van der Waals surface area contributed by atoms with Gasteiger partial charge in [0, 0.05) is 13.7 Å². The average molecular weight is 297 g/mol. The molecule has 8 heteroatoms. The van der Waals surface area contributed by atoms with Crippen molar-refractivity contribution >= 4 is 17.7 Å². The Kier molecular flexibility index (Phi) is 7.77. The molecule has 116 valence electrons. The number of carbonyl (C=O) groups is 2. The first-order valence-electron chi connectivity index (χ1n) is 6.40. The number of aliphatic carboxylic acids is 1. The van der Waals surface area contributed by atoms with Crippen molar-refractivity contribution < 1.29 is 24.2 Å². The molecule has 1 aromatic rings. The van der Waals surface area contributed by atoms with E-state index in [1.165, 1.54) is 6.20 Å². The molecular formula is C13H19N3O5. The first-order valence-corrected chi connectivity index (χ1v) is 6.40. The molecule has 1 heterocycles. The van der Waals surface area contributed by atoms with Gasteiger partial charge in [0.1, 0.15) is 0 Å². The molecule has 8 nitrogen and oxygen atoms in total. The molecule has 0 bridgehead atoms. The van der Waals surface area contributed by atoms with E-state index in [-0.39, 0.29) is 12.5 Å². The Morgan fingerprint density at radius 3 is 2.71 bits per heavy atom. The van der Waals surface area contributed by atoms with Crippen molar-refractivity contribution in [3.63, 3.8) is 0 Å². The lowest BCUT2D eigenvalue weighted by atomic mass is 10.2. The van der Waals surface area contributed by atoms with Crippen molar-refractivity contribution in [3.8, 4) is 0 Å². The van der Waals surface area contributed by atoms with Gasteiger partial charge in [0.15, 0.2) is 0 Å². The zero-order valence-corrected chi connectivity index (χ0v) is 11.8. The van der Waals surface area contributed by atoms with Crippen LogP contribution in [0.5, 0.6) is 0 Å². The molecule has 0 atom stereocenters. The van der Waals surface area contributed by atoms with Gasteiger partial charge in [-0.1, -0.05) is 0 Å². The van der Waals surface area contributed by atoms with Crippen molar-refractivity contribution in [2.24, 2.45) is 0 Å². The number of aromatic nitrogens is 1. The fraction of sp³-hybridized carbons (Fsp3) is 0.462. The highest BCUT2D eigenvalue weighted by Crippen LogP contribution is 2.06. The first kappa shape index (κ1) is 16.9. The summed E-state index contributed by atoms with van der Waals surface area (Å²) in [5, 5.41) is 13.8. The van der Waals surface area contributed by atoms with E-state index in [0.29, 0.717) is 37.7 Å². The maximum atomic E-state index is 11.5. The van der Waals surface area contributed by atoms with Crippen LogP contribution in [0, 0.1) is 0 Å². The molecule has 1 aromatic heterocycles. The summed E-state index contributed by atoms with van der Waals surface area (Å²) in [5.74, 6) is -0.950. The molecule has 21 heavy (non-hydrogen) atoms. The van der Waals surface area contributed by atoms with Crippen LogP contribution in [0.15, 0.2) is 18.3 Å². The summed E-state index contributed by atoms with van der Waals surface area (Å²) in [6, 6.07) is 2.77. The van der Waals surface area contributed by atoms with E-state index in [1.54, 1.807) is 19.2 Å². The molecule has 0 radical (unpaired) electrons. The predicted molar refractivity (Wildman–Crippen MR) is 75.3 cm³/mol. The number of anilines is 1. The van der Waals surface area contributed by atoms with Gasteiger partial charge in [-0.2, -0.15) is 0 Å². The Morgan fingerprint density at radius 1 is 1.29 bits per heavy atom. The highest BCUT2D eigenvalue weighted by atomic mass is 16.5. The van der Waals surface area contributed by atoms with Crippen LogP contribution in [0.3, 0.4) is 0 Å². The van der Waals surface area contributed by atoms with Crippen LogP contribution in [-0.2, 0) is 20.7 Å². The maximum Gasteiger partial charge on any atom is 0.319 e. The number of nitrogens with zero attached hydrogens (tertiary/aromatic N) is 1. The normalized spacial score (nSPS) is 10.1. The Labute approximate surface area is 122 Å². The van der Waals surface area contributed by atoms with Gasteiger partial charge in [-0.3, -0.25) is 9.78 Å². The minimum Gasteiger partial charge on any atom is -0.481 e. The minimum atomic E-state index is -0.950. The summed E-state index contributed by atoms with van der Waals surface area (Å²) >= 11 is 0. The first-order chi connectivity index (χ1) is 10.1. The molecule has 0 saturated carbocycles. The summed E-state index contributed by atoms with van der Waals surface area (Å²) in [5.41, 5.74) is 0.918. The van der Waals surface area contributed by atoms with E-state index in [1.807, 2.05) is 0 Å². The van der Waals surface area contributed by atoms with Gasteiger partial charge < -0.3 is 25.2 Å². The number of hydrogen-bond acceptors (Lipinski definition) is 5.